The van der Waals surface area contributed by atoms with Crippen LogP contribution in [0.3, 0.4) is 0 Å². The SMILES string of the molecule is CC(=O)N1CC(NC(=O)c2cc(F)cc(Br)c2O)C1. The van der Waals surface area contributed by atoms with Crippen LogP contribution >= 0.6 is 15.9 Å². The zero-order valence-electron chi connectivity index (χ0n) is 10.1. The molecule has 0 spiro atoms. The molecule has 1 aromatic rings. The van der Waals surface area contributed by atoms with Gasteiger partial charge < -0.3 is 15.3 Å². The van der Waals surface area contributed by atoms with Gasteiger partial charge in [0.15, 0.2) is 0 Å². The summed E-state index contributed by atoms with van der Waals surface area (Å²) in [6, 6.07) is 1.88. The van der Waals surface area contributed by atoms with Crippen molar-refractivity contribution in [1.29, 1.82) is 0 Å². The molecule has 19 heavy (non-hydrogen) atoms. The number of rotatable bonds is 2. The van der Waals surface area contributed by atoms with Crippen LogP contribution in [0.4, 0.5) is 4.39 Å². The molecule has 2 N–H and O–H groups in total. The number of phenols is 1. The highest BCUT2D eigenvalue weighted by molar-refractivity contribution is 9.10. The Balaban J connectivity index is 2.04. The molecule has 1 fully saturated rings. The molecule has 0 aromatic heterocycles. The minimum atomic E-state index is -0.617. The lowest BCUT2D eigenvalue weighted by Crippen LogP contribution is -2.60. The minimum absolute atomic E-state index is 0.0538. The third kappa shape index (κ3) is 2.86. The number of nitrogens with zero attached hydrogens (tertiary/aromatic N) is 1. The lowest BCUT2D eigenvalue weighted by Gasteiger charge is -2.38. The van der Waals surface area contributed by atoms with E-state index in [1.807, 2.05) is 0 Å². The van der Waals surface area contributed by atoms with Crippen molar-refractivity contribution < 1.29 is 19.1 Å². The summed E-state index contributed by atoms with van der Waals surface area (Å²) in [5.74, 6) is -1.54. The number of aromatic hydroxyl groups is 1. The molecule has 0 bridgehead atoms. The van der Waals surface area contributed by atoms with Gasteiger partial charge in [-0.15, -0.1) is 0 Å². The fourth-order valence-electron chi connectivity index (χ4n) is 1.83. The molecule has 7 heteroatoms. The van der Waals surface area contributed by atoms with Crippen LogP contribution < -0.4 is 5.32 Å². The van der Waals surface area contributed by atoms with Crippen LogP contribution in [0.5, 0.6) is 5.75 Å². The van der Waals surface area contributed by atoms with Crippen LogP contribution in [-0.4, -0.2) is 41.0 Å². The van der Waals surface area contributed by atoms with Crippen molar-refractivity contribution in [2.45, 2.75) is 13.0 Å². The van der Waals surface area contributed by atoms with Crippen LogP contribution in [0.2, 0.25) is 0 Å². The van der Waals surface area contributed by atoms with Gasteiger partial charge >= 0.3 is 0 Å². The topological polar surface area (TPSA) is 69.6 Å². The summed E-state index contributed by atoms with van der Waals surface area (Å²) in [5, 5.41) is 12.3. The van der Waals surface area contributed by atoms with Crippen molar-refractivity contribution in [1.82, 2.24) is 10.2 Å². The Morgan fingerprint density at radius 1 is 1.47 bits per heavy atom. The first-order valence-electron chi connectivity index (χ1n) is 5.63. The highest BCUT2D eigenvalue weighted by atomic mass is 79.9. The molecule has 5 nitrogen and oxygen atoms in total. The maximum Gasteiger partial charge on any atom is 0.255 e. The molecule has 1 aromatic carbocycles. The molecular weight excluding hydrogens is 319 g/mol. The van der Waals surface area contributed by atoms with Gasteiger partial charge in [0.2, 0.25) is 5.91 Å². The highest BCUT2D eigenvalue weighted by Gasteiger charge is 2.30. The molecule has 0 saturated carbocycles. The molecule has 1 aliphatic rings. The fourth-order valence-corrected chi connectivity index (χ4v) is 2.26. The lowest BCUT2D eigenvalue weighted by molar-refractivity contribution is -0.133. The zero-order chi connectivity index (χ0) is 14.2. The maximum absolute atomic E-state index is 13.2. The first-order chi connectivity index (χ1) is 8.88. The zero-order valence-corrected chi connectivity index (χ0v) is 11.7. The first kappa shape index (κ1) is 13.8. The predicted octanol–water partition coefficient (Wildman–Crippen LogP) is 1.25. The largest absolute Gasteiger partial charge is 0.506 e. The van der Waals surface area contributed by atoms with Gasteiger partial charge in [-0.05, 0) is 28.1 Å². The van der Waals surface area contributed by atoms with E-state index in [1.165, 1.54) is 6.92 Å². The van der Waals surface area contributed by atoms with E-state index in [0.29, 0.717) is 13.1 Å². The average Bonchev–Trinajstić information content (AvgIpc) is 2.26. The molecule has 0 unspecified atom stereocenters. The van der Waals surface area contributed by atoms with E-state index in [9.17, 15) is 19.1 Å². The molecule has 2 rings (SSSR count). The van der Waals surface area contributed by atoms with E-state index in [4.69, 9.17) is 0 Å². The quantitative estimate of drug-likeness (QED) is 0.857. The molecule has 2 amide bonds. The monoisotopic (exact) mass is 330 g/mol. The number of nitrogens with one attached hydrogen (secondary N) is 1. The van der Waals surface area contributed by atoms with Crippen LogP contribution in [-0.2, 0) is 4.79 Å². The molecule has 0 aliphatic carbocycles. The number of benzene rings is 1. The van der Waals surface area contributed by atoms with Gasteiger partial charge in [0.1, 0.15) is 11.6 Å². The van der Waals surface area contributed by atoms with Crippen LogP contribution in [0, 0.1) is 5.82 Å². The summed E-state index contributed by atoms with van der Waals surface area (Å²) in [6.07, 6.45) is 0. The Kier molecular flexibility index (Phi) is 3.75. The van der Waals surface area contributed by atoms with Crippen molar-refractivity contribution in [3.8, 4) is 5.75 Å². The third-order valence-electron chi connectivity index (χ3n) is 2.93. The van der Waals surface area contributed by atoms with E-state index in [-0.39, 0.29) is 27.7 Å². The second kappa shape index (κ2) is 5.16. The van der Waals surface area contributed by atoms with Crippen molar-refractivity contribution in [3.63, 3.8) is 0 Å². The number of likely N-dealkylation sites (tertiary alicyclic amines) is 1. The number of carbonyl (C=O) groups is 2. The van der Waals surface area contributed by atoms with Gasteiger partial charge in [0.05, 0.1) is 16.1 Å². The van der Waals surface area contributed by atoms with E-state index in [2.05, 4.69) is 21.2 Å². The second-order valence-electron chi connectivity index (χ2n) is 4.38. The Labute approximate surface area is 117 Å². The smallest absolute Gasteiger partial charge is 0.255 e. The second-order valence-corrected chi connectivity index (χ2v) is 5.23. The molecule has 1 heterocycles. The summed E-state index contributed by atoms with van der Waals surface area (Å²) < 4.78 is 13.3. The third-order valence-corrected chi connectivity index (χ3v) is 3.54. The first-order valence-corrected chi connectivity index (χ1v) is 6.42. The van der Waals surface area contributed by atoms with Gasteiger partial charge in [-0.2, -0.15) is 0 Å². The van der Waals surface area contributed by atoms with E-state index in [0.717, 1.165) is 12.1 Å². The number of phenolic OH excluding ortho intramolecular Hbond substituents is 1. The molecule has 0 radical (unpaired) electrons. The number of amides is 2. The number of hydrogen-bond acceptors (Lipinski definition) is 3. The standard InChI is InChI=1S/C12H12BrFN2O3/c1-6(17)16-4-8(5-16)15-12(19)9-2-7(14)3-10(13)11(9)18/h2-3,8,18H,4-5H2,1H3,(H,15,19). The average molecular weight is 331 g/mol. The van der Waals surface area contributed by atoms with Gasteiger partial charge in [-0.25, -0.2) is 4.39 Å². The molecule has 1 saturated heterocycles. The Morgan fingerprint density at radius 2 is 2.11 bits per heavy atom. The summed E-state index contributed by atoms with van der Waals surface area (Å²) in [7, 11) is 0. The summed E-state index contributed by atoms with van der Waals surface area (Å²) in [6.45, 7) is 2.31. The van der Waals surface area contributed by atoms with E-state index < -0.39 is 11.7 Å². The minimum Gasteiger partial charge on any atom is -0.506 e. The van der Waals surface area contributed by atoms with Crippen LogP contribution in [0.1, 0.15) is 17.3 Å². The predicted molar refractivity (Wildman–Crippen MR) is 69.3 cm³/mol. The van der Waals surface area contributed by atoms with Crippen LogP contribution in [0.25, 0.3) is 0 Å². The van der Waals surface area contributed by atoms with Gasteiger partial charge in [0.25, 0.3) is 5.91 Å². The van der Waals surface area contributed by atoms with Gasteiger partial charge in [0, 0.05) is 20.0 Å². The van der Waals surface area contributed by atoms with Gasteiger partial charge in [-0.1, -0.05) is 0 Å². The number of halogens is 2. The Hall–Kier alpha value is -1.63. The molecule has 1 aliphatic heterocycles. The number of hydrogen-bond donors (Lipinski definition) is 2. The normalized spacial score (nSPS) is 15.0. The number of carbonyl (C=O) groups excluding carboxylic acids is 2. The molecule has 0 atom stereocenters. The maximum atomic E-state index is 13.2. The highest BCUT2D eigenvalue weighted by Crippen LogP contribution is 2.29. The summed E-state index contributed by atoms with van der Waals surface area (Å²) >= 11 is 2.97. The van der Waals surface area contributed by atoms with Crippen molar-refractivity contribution in [2.75, 3.05) is 13.1 Å². The van der Waals surface area contributed by atoms with Crippen molar-refractivity contribution in [2.24, 2.45) is 0 Å². The van der Waals surface area contributed by atoms with E-state index >= 15 is 0 Å². The lowest BCUT2D eigenvalue weighted by atomic mass is 10.1. The van der Waals surface area contributed by atoms with Gasteiger partial charge in [-0.3, -0.25) is 9.59 Å². The molecular formula is C12H12BrFN2O3. The van der Waals surface area contributed by atoms with Crippen molar-refractivity contribution >= 4 is 27.7 Å². The Morgan fingerprint density at radius 3 is 2.68 bits per heavy atom. The summed E-state index contributed by atoms with van der Waals surface area (Å²) in [4.78, 5) is 24.5. The van der Waals surface area contributed by atoms with Crippen molar-refractivity contribution in [3.05, 3.63) is 28.0 Å². The molecule has 102 valence electrons. The van der Waals surface area contributed by atoms with Crippen LogP contribution in [0.15, 0.2) is 16.6 Å². The summed E-state index contributed by atoms with van der Waals surface area (Å²) in [5.41, 5.74) is -0.131. The van der Waals surface area contributed by atoms with E-state index in [1.54, 1.807) is 4.90 Å². The fraction of sp³-hybridized carbons (Fsp3) is 0.333. The Bertz CT molecular complexity index is 544.